The lowest BCUT2D eigenvalue weighted by Crippen LogP contribution is -2.37. The van der Waals surface area contributed by atoms with Crippen molar-refractivity contribution in [3.05, 3.63) is 12.4 Å². The van der Waals surface area contributed by atoms with Crippen LogP contribution < -0.4 is 15.0 Å². The molecule has 94 valence electrons. The molecule has 0 aromatic carbocycles. The molecule has 0 aliphatic carbocycles. The summed E-state index contributed by atoms with van der Waals surface area (Å²) in [6.45, 7) is 7.76. The van der Waals surface area contributed by atoms with Crippen molar-refractivity contribution < 1.29 is 4.74 Å². The van der Waals surface area contributed by atoms with Gasteiger partial charge in [-0.05, 0) is 26.8 Å². The van der Waals surface area contributed by atoms with Crippen molar-refractivity contribution in [3.63, 3.8) is 0 Å². The molecule has 1 aromatic rings. The van der Waals surface area contributed by atoms with Crippen LogP contribution in [0.2, 0.25) is 0 Å². The third-order valence-electron chi connectivity index (χ3n) is 3.00. The molecule has 1 aliphatic rings. The minimum atomic E-state index is 0.520. The summed E-state index contributed by atoms with van der Waals surface area (Å²) >= 11 is 0. The summed E-state index contributed by atoms with van der Waals surface area (Å²) in [6.07, 6.45) is 4.63. The Morgan fingerprint density at radius 1 is 1.47 bits per heavy atom. The van der Waals surface area contributed by atoms with E-state index in [1.54, 1.807) is 6.20 Å². The van der Waals surface area contributed by atoms with Gasteiger partial charge >= 0.3 is 0 Å². The van der Waals surface area contributed by atoms with Crippen LogP contribution in [0, 0.1) is 0 Å². The molecule has 5 heteroatoms. The lowest BCUT2D eigenvalue weighted by atomic mass is 10.2. The Hall–Kier alpha value is -1.36. The monoisotopic (exact) mass is 236 g/mol. The molecule has 1 aromatic heterocycles. The molecule has 1 atom stereocenters. The van der Waals surface area contributed by atoms with Crippen molar-refractivity contribution >= 4 is 5.82 Å². The zero-order valence-electron chi connectivity index (χ0n) is 10.5. The predicted molar refractivity (Wildman–Crippen MR) is 67.5 cm³/mol. The number of ether oxygens (including phenoxy) is 1. The van der Waals surface area contributed by atoms with Gasteiger partial charge in [-0.2, -0.15) is 4.98 Å². The first-order valence-electron chi connectivity index (χ1n) is 6.27. The Balaban J connectivity index is 2.14. The topological polar surface area (TPSA) is 50.3 Å². The van der Waals surface area contributed by atoms with E-state index < -0.39 is 0 Å². The number of nitrogens with one attached hydrogen (secondary N) is 1. The maximum absolute atomic E-state index is 5.39. The zero-order chi connectivity index (χ0) is 12.1. The largest absolute Gasteiger partial charge is 0.477 e. The molecule has 1 aliphatic heterocycles. The Kier molecular flexibility index (Phi) is 4.14. The first-order valence-corrected chi connectivity index (χ1v) is 6.27. The summed E-state index contributed by atoms with van der Waals surface area (Å²) < 4.78 is 5.39. The molecule has 17 heavy (non-hydrogen) atoms. The summed E-state index contributed by atoms with van der Waals surface area (Å²) in [5, 5.41) is 3.38. The summed E-state index contributed by atoms with van der Waals surface area (Å²) in [7, 11) is 0. The highest BCUT2D eigenvalue weighted by Gasteiger charge is 2.22. The molecule has 1 fully saturated rings. The van der Waals surface area contributed by atoms with Crippen LogP contribution in [0.5, 0.6) is 5.88 Å². The standard InChI is InChI=1S/C12H20N4O/c1-3-16(10-5-6-13-7-10)11-8-14-9-12(15-11)17-4-2/h8-10,13H,3-7H2,1-2H3. The minimum Gasteiger partial charge on any atom is -0.477 e. The molecule has 0 bridgehead atoms. The lowest BCUT2D eigenvalue weighted by molar-refractivity contribution is 0.325. The van der Waals surface area contributed by atoms with Gasteiger partial charge in [0.05, 0.1) is 19.0 Å². The fourth-order valence-electron chi connectivity index (χ4n) is 2.21. The predicted octanol–water partition coefficient (Wildman–Crippen LogP) is 1.06. The van der Waals surface area contributed by atoms with E-state index in [4.69, 9.17) is 4.74 Å². The number of likely N-dealkylation sites (N-methyl/N-ethyl adjacent to an activating group) is 1. The number of hydrogen-bond acceptors (Lipinski definition) is 5. The maximum Gasteiger partial charge on any atom is 0.234 e. The summed E-state index contributed by atoms with van der Waals surface area (Å²) in [5.74, 6) is 1.52. The number of hydrogen-bond donors (Lipinski definition) is 1. The number of aromatic nitrogens is 2. The van der Waals surface area contributed by atoms with Crippen LogP contribution in [-0.2, 0) is 0 Å². The molecule has 0 spiro atoms. The van der Waals surface area contributed by atoms with E-state index in [2.05, 4.69) is 27.1 Å². The lowest BCUT2D eigenvalue weighted by Gasteiger charge is -2.28. The van der Waals surface area contributed by atoms with E-state index in [1.807, 2.05) is 13.1 Å². The molecule has 1 N–H and O–H groups in total. The average molecular weight is 236 g/mol. The number of anilines is 1. The highest BCUT2D eigenvalue weighted by Crippen LogP contribution is 2.19. The fourth-order valence-corrected chi connectivity index (χ4v) is 2.21. The second kappa shape index (κ2) is 5.82. The number of rotatable bonds is 5. The first kappa shape index (κ1) is 12.1. The molecule has 1 saturated heterocycles. The van der Waals surface area contributed by atoms with Crippen LogP contribution in [0.4, 0.5) is 5.82 Å². The van der Waals surface area contributed by atoms with Crippen molar-refractivity contribution in [3.8, 4) is 5.88 Å². The van der Waals surface area contributed by atoms with E-state index >= 15 is 0 Å². The van der Waals surface area contributed by atoms with Gasteiger partial charge in [0.1, 0.15) is 0 Å². The third kappa shape index (κ3) is 2.85. The second-order valence-electron chi connectivity index (χ2n) is 4.08. The van der Waals surface area contributed by atoms with Gasteiger partial charge in [-0.25, -0.2) is 0 Å². The molecule has 0 amide bonds. The summed E-state index contributed by atoms with van der Waals surface area (Å²) in [5.41, 5.74) is 0. The van der Waals surface area contributed by atoms with Gasteiger partial charge in [-0.3, -0.25) is 4.98 Å². The Morgan fingerprint density at radius 2 is 2.35 bits per heavy atom. The van der Waals surface area contributed by atoms with Crippen LogP contribution in [-0.4, -0.2) is 42.3 Å². The molecule has 5 nitrogen and oxygen atoms in total. The first-order chi connectivity index (χ1) is 8.35. The molecule has 1 unspecified atom stereocenters. The zero-order valence-corrected chi connectivity index (χ0v) is 10.5. The van der Waals surface area contributed by atoms with Crippen LogP contribution in [0.1, 0.15) is 20.3 Å². The van der Waals surface area contributed by atoms with Gasteiger partial charge in [0.2, 0.25) is 5.88 Å². The number of nitrogens with zero attached hydrogens (tertiary/aromatic N) is 3. The van der Waals surface area contributed by atoms with Gasteiger partial charge in [0, 0.05) is 19.1 Å². The highest BCUT2D eigenvalue weighted by atomic mass is 16.5. The summed E-state index contributed by atoms with van der Waals surface area (Å²) in [6, 6.07) is 0.520. The fraction of sp³-hybridized carbons (Fsp3) is 0.667. The van der Waals surface area contributed by atoms with Crippen molar-refractivity contribution in [2.24, 2.45) is 0 Å². The van der Waals surface area contributed by atoms with Crippen molar-refractivity contribution in [1.29, 1.82) is 0 Å². The quantitative estimate of drug-likeness (QED) is 0.828. The molecular formula is C12H20N4O. The van der Waals surface area contributed by atoms with E-state index in [-0.39, 0.29) is 0 Å². The van der Waals surface area contributed by atoms with Crippen LogP contribution in [0.3, 0.4) is 0 Å². The van der Waals surface area contributed by atoms with E-state index in [9.17, 15) is 0 Å². The van der Waals surface area contributed by atoms with Gasteiger partial charge in [-0.15, -0.1) is 0 Å². The average Bonchev–Trinajstić information content (AvgIpc) is 2.85. The van der Waals surface area contributed by atoms with Crippen molar-refractivity contribution in [2.45, 2.75) is 26.3 Å². The van der Waals surface area contributed by atoms with Crippen molar-refractivity contribution in [2.75, 3.05) is 31.1 Å². The van der Waals surface area contributed by atoms with E-state index in [1.165, 1.54) is 0 Å². The molecule has 0 radical (unpaired) electrons. The Labute approximate surface area is 102 Å². The highest BCUT2D eigenvalue weighted by molar-refractivity contribution is 5.39. The van der Waals surface area contributed by atoms with E-state index in [0.29, 0.717) is 18.5 Å². The molecule has 2 rings (SSSR count). The van der Waals surface area contributed by atoms with E-state index in [0.717, 1.165) is 31.9 Å². The smallest absolute Gasteiger partial charge is 0.234 e. The van der Waals surface area contributed by atoms with Gasteiger partial charge in [0.15, 0.2) is 5.82 Å². The Bertz CT molecular complexity index is 352. The van der Waals surface area contributed by atoms with Crippen LogP contribution in [0.25, 0.3) is 0 Å². The second-order valence-corrected chi connectivity index (χ2v) is 4.08. The minimum absolute atomic E-state index is 0.520. The molecule has 0 saturated carbocycles. The van der Waals surface area contributed by atoms with Crippen LogP contribution in [0.15, 0.2) is 12.4 Å². The van der Waals surface area contributed by atoms with Gasteiger partial charge < -0.3 is 15.0 Å². The maximum atomic E-state index is 5.39. The van der Waals surface area contributed by atoms with Crippen molar-refractivity contribution in [1.82, 2.24) is 15.3 Å². The van der Waals surface area contributed by atoms with Gasteiger partial charge in [0.25, 0.3) is 0 Å². The van der Waals surface area contributed by atoms with Crippen LogP contribution >= 0.6 is 0 Å². The normalized spacial score (nSPS) is 19.3. The molecule has 2 heterocycles. The SMILES string of the molecule is CCOc1cncc(N(CC)C2CCNC2)n1. The summed E-state index contributed by atoms with van der Waals surface area (Å²) in [4.78, 5) is 11.0. The molecular weight excluding hydrogens is 216 g/mol. The van der Waals surface area contributed by atoms with Gasteiger partial charge in [-0.1, -0.05) is 0 Å². The third-order valence-corrected chi connectivity index (χ3v) is 3.00. The Morgan fingerprint density at radius 3 is 3.00 bits per heavy atom.